The van der Waals surface area contributed by atoms with Crippen LogP contribution in [0.1, 0.15) is 38.3 Å². The molecule has 4 atom stereocenters. The van der Waals surface area contributed by atoms with Crippen LogP contribution in [-0.2, 0) is 11.2 Å². The summed E-state index contributed by atoms with van der Waals surface area (Å²) < 4.78 is 0. The molecule has 2 aliphatic rings. The Morgan fingerprint density at radius 3 is 3.09 bits per heavy atom. The molecule has 2 aromatic heterocycles. The van der Waals surface area contributed by atoms with Crippen molar-refractivity contribution in [3.8, 4) is 10.8 Å². The number of carbonyl (C=O) groups excluding carboxylic acids is 1. The molecule has 4 rings (SSSR count). The highest BCUT2D eigenvalue weighted by molar-refractivity contribution is 7.13. The van der Waals surface area contributed by atoms with E-state index in [-0.39, 0.29) is 11.9 Å². The number of carbonyl (C=O) groups is 1. The summed E-state index contributed by atoms with van der Waals surface area (Å²) in [6.45, 7) is 2.16. The first kappa shape index (κ1) is 14.8. The molecular formula is C16H21N5OS. The van der Waals surface area contributed by atoms with Crippen LogP contribution in [0.2, 0.25) is 0 Å². The number of amides is 1. The molecule has 2 heterocycles. The van der Waals surface area contributed by atoms with Gasteiger partial charge in [-0.25, -0.2) is 9.97 Å². The van der Waals surface area contributed by atoms with Gasteiger partial charge >= 0.3 is 0 Å². The molecule has 0 aromatic carbocycles. The van der Waals surface area contributed by atoms with Crippen molar-refractivity contribution in [3.05, 3.63) is 17.4 Å². The number of H-pyrrole nitrogens is 1. The maximum atomic E-state index is 12.3. The quantitative estimate of drug-likeness (QED) is 0.881. The molecule has 23 heavy (non-hydrogen) atoms. The Hall–Kier alpha value is -1.76. The number of hydrogen-bond acceptors (Lipinski definition) is 5. The Kier molecular flexibility index (Phi) is 3.88. The van der Waals surface area contributed by atoms with E-state index in [9.17, 15) is 4.79 Å². The Morgan fingerprint density at radius 2 is 2.39 bits per heavy atom. The minimum absolute atomic E-state index is 0.0645. The topological polar surface area (TPSA) is 83.6 Å². The summed E-state index contributed by atoms with van der Waals surface area (Å²) in [6.07, 6.45) is 7.19. The van der Waals surface area contributed by atoms with Crippen molar-refractivity contribution >= 4 is 17.2 Å². The van der Waals surface area contributed by atoms with Crippen LogP contribution in [-0.4, -0.2) is 32.1 Å². The molecule has 0 saturated heterocycles. The van der Waals surface area contributed by atoms with Gasteiger partial charge in [-0.05, 0) is 43.9 Å². The second-order valence-corrected chi connectivity index (χ2v) is 7.71. The minimum Gasteiger partial charge on any atom is -0.353 e. The number of fused-ring (bicyclic) bond motifs is 2. The lowest BCUT2D eigenvalue weighted by Crippen LogP contribution is -2.40. The van der Waals surface area contributed by atoms with Gasteiger partial charge < -0.3 is 5.32 Å². The highest BCUT2D eigenvalue weighted by Gasteiger charge is 2.42. The van der Waals surface area contributed by atoms with Gasteiger partial charge in [-0.2, -0.15) is 5.10 Å². The summed E-state index contributed by atoms with van der Waals surface area (Å²) in [5.41, 5.74) is 0.791. The molecule has 0 unspecified atom stereocenters. The van der Waals surface area contributed by atoms with E-state index in [1.54, 1.807) is 0 Å². The lowest BCUT2D eigenvalue weighted by molar-refractivity contribution is -0.121. The van der Waals surface area contributed by atoms with Gasteiger partial charge in [0.05, 0.1) is 12.1 Å². The van der Waals surface area contributed by atoms with Crippen LogP contribution in [0.3, 0.4) is 0 Å². The molecule has 2 bridgehead atoms. The van der Waals surface area contributed by atoms with E-state index in [4.69, 9.17) is 0 Å². The Bertz CT molecular complexity index is 682. The monoisotopic (exact) mass is 331 g/mol. The van der Waals surface area contributed by atoms with Crippen LogP contribution in [0.5, 0.6) is 0 Å². The van der Waals surface area contributed by atoms with Crippen molar-refractivity contribution < 1.29 is 4.79 Å². The van der Waals surface area contributed by atoms with Crippen LogP contribution >= 0.6 is 11.3 Å². The van der Waals surface area contributed by atoms with Crippen molar-refractivity contribution in [2.75, 3.05) is 0 Å². The van der Waals surface area contributed by atoms with E-state index in [1.807, 2.05) is 5.38 Å². The fourth-order valence-corrected chi connectivity index (χ4v) is 5.05. The lowest BCUT2D eigenvalue weighted by Gasteiger charge is -2.28. The number of nitrogens with zero attached hydrogens (tertiary/aromatic N) is 3. The van der Waals surface area contributed by atoms with Gasteiger partial charge in [0, 0.05) is 11.4 Å². The van der Waals surface area contributed by atoms with E-state index in [1.165, 1.54) is 43.3 Å². The number of rotatable bonds is 5. The highest BCUT2D eigenvalue weighted by Crippen LogP contribution is 2.49. The average Bonchev–Trinajstić information content (AvgIpc) is 3.30. The molecule has 2 fully saturated rings. The molecule has 122 valence electrons. The van der Waals surface area contributed by atoms with Gasteiger partial charge in [-0.3, -0.25) is 9.89 Å². The van der Waals surface area contributed by atoms with Crippen LogP contribution in [0.25, 0.3) is 10.8 Å². The maximum absolute atomic E-state index is 12.3. The first-order valence-corrected chi connectivity index (χ1v) is 9.16. The summed E-state index contributed by atoms with van der Waals surface area (Å²) >= 11 is 1.48. The number of aromatic nitrogens is 4. The van der Waals surface area contributed by atoms with Gasteiger partial charge in [0.2, 0.25) is 5.91 Å². The Balaban J connectivity index is 1.33. The van der Waals surface area contributed by atoms with Crippen molar-refractivity contribution in [2.24, 2.45) is 17.8 Å². The van der Waals surface area contributed by atoms with Crippen LogP contribution in [0.15, 0.2) is 11.7 Å². The third-order valence-corrected chi connectivity index (χ3v) is 6.23. The molecule has 0 aliphatic heterocycles. The smallest absolute Gasteiger partial charge is 0.226 e. The average molecular weight is 331 g/mol. The van der Waals surface area contributed by atoms with Crippen LogP contribution < -0.4 is 5.32 Å². The van der Waals surface area contributed by atoms with Crippen LogP contribution in [0.4, 0.5) is 0 Å². The number of nitrogens with one attached hydrogen (secondary N) is 2. The molecule has 2 saturated carbocycles. The van der Waals surface area contributed by atoms with Crippen molar-refractivity contribution in [2.45, 2.75) is 45.1 Å². The highest BCUT2D eigenvalue weighted by atomic mass is 32.1. The SMILES string of the molecule is C[C@H](NC(=O)Cc1csc(-c2ncn[nH]2)n1)[C@@H]1C[C@H]2CC[C@H]1C2. The van der Waals surface area contributed by atoms with Gasteiger partial charge in [-0.15, -0.1) is 11.3 Å². The molecule has 1 amide bonds. The predicted molar refractivity (Wildman–Crippen MR) is 87.7 cm³/mol. The number of hydrogen-bond donors (Lipinski definition) is 2. The zero-order valence-electron chi connectivity index (χ0n) is 13.2. The van der Waals surface area contributed by atoms with Crippen molar-refractivity contribution in [1.29, 1.82) is 0 Å². The normalized spacial score (nSPS) is 27.3. The van der Waals surface area contributed by atoms with Crippen molar-refractivity contribution in [1.82, 2.24) is 25.5 Å². The number of aromatic amines is 1. The van der Waals surface area contributed by atoms with E-state index in [0.29, 0.717) is 18.2 Å². The zero-order valence-corrected chi connectivity index (χ0v) is 14.0. The first-order valence-electron chi connectivity index (χ1n) is 8.28. The Morgan fingerprint density at radius 1 is 1.48 bits per heavy atom. The summed E-state index contributed by atoms with van der Waals surface area (Å²) in [5.74, 6) is 3.12. The van der Waals surface area contributed by atoms with E-state index < -0.39 is 0 Å². The third kappa shape index (κ3) is 3.02. The summed E-state index contributed by atoms with van der Waals surface area (Å²) in [6, 6.07) is 0.269. The van der Waals surface area contributed by atoms with Gasteiger partial charge in [0.15, 0.2) is 10.8 Å². The summed E-state index contributed by atoms with van der Waals surface area (Å²) in [5, 5.41) is 12.5. The maximum Gasteiger partial charge on any atom is 0.226 e. The minimum atomic E-state index is 0.0645. The molecule has 7 heteroatoms. The fraction of sp³-hybridized carbons (Fsp3) is 0.625. The lowest BCUT2D eigenvalue weighted by atomic mass is 9.84. The zero-order chi connectivity index (χ0) is 15.8. The summed E-state index contributed by atoms with van der Waals surface area (Å²) in [7, 11) is 0. The van der Waals surface area contributed by atoms with Gasteiger partial charge in [0.1, 0.15) is 6.33 Å². The van der Waals surface area contributed by atoms with E-state index in [0.717, 1.165) is 22.5 Å². The van der Waals surface area contributed by atoms with Gasteiger partial charge in [-0.1, -0.05) is 6.42 Å². The second-order valence-electron chi connectivity index (χ2n) is 6.85. The van der Waals surface area contributed by atoms with Gasteiger partial charge in [0.25, 0.3) is 0 Å². The Labute approximate surface area is 139 Å². The molecule has 0 radical (unpaired) electrons. The second kappa shape index (κ2) is 6.03. The summed E-state index contributed by atoms with van der Waals surface area (Å²) in [4.78, 5) is 20.8. The molecular weight excluding hydrogens is 310 g/mol. The number of thiazole rings is 1. The molecule has 2 aliphatic carbocycles. The molecule has 6 nitrogen and oxygen atoms in total. The fourth-order valence-electron chi connectivity index (χ4n) is 4.29. The largest absolute Gasteiger partial charge is 0.353 e. The standard InChI is InChI=1S/C16H21N5OS/c1-9(13-5-10-2-3-11(13)4-10)19-14(22)6-12-7-23-16(20-12)15-17-8-18-21-15/h7-11,13H,2-6H2,1H3,(H,19,22)(H,17,18,21)/t9-,10-,11-,13-/m0/s1. The predicted octanol–water partition coefficient (Wildman–Crippen LogP) is 2.41. The van der Waals surface area contributed by atoms with E-state index >= 15 is 0 Å². The molecule has 2 N–H and O–H groups in total. The van der Waals surface area contributed by atoms with Crippen molar-refractivity contribution in [3.63, 3.8) is 0 Å². The van der Waals surface area contributed by atoms with Crippen LogP contribution in [0, 0.1) is 17.8 Å². The first-order chi connectivity index (χ1) is 11.2. The molecule has 0 spiro atoms. The third-order valence-electron chi connectivity index (χ3n) is 5.33. The molecule has 2 aromatic rings. The van der Waals surface area contributed by atoms with E-state index in [2.05, 4.69) is 32.4 Å².